The molecule has 3 N–H and O–H groups in total. The highest BCUT2D eigenvalue weighted by molar-refractivity contribution is 5.91. The minimum atomic E-state index is -1.12. The van der Waals surface area contributed by atoms with Gasteiger partial charge in [0.1, 0.15) is 12.1 Å². The average molecular weight is 465 g/mol. The van der Waals surface area contributed by atoms with Gasteiger partial charge in [0.25, 0.3) is 0 Å². The summed E-state index contributed by atoms with van der Waals surface area (Å²) in [5, 5.41) is 14.7. The number of ether oxygens (including phenoxy) is 1. The number of amides is 2. The van der Waals surface area contributed by atoms with Crippen LogP contribution >= 0.6 is 0 Å². The van der Waals surface area contributed by atoms with E-state index in [1.807, 2.05) is 24.3 Å². The molecule has 7 nitrogen and oxygen atoms in total. The molecule has 4 rings (SSSR count). The lowest BCUT2D eigenvalue weighted by molar-refractivity contribution is -0.138. The molecule has 180 valence electrons. The van der Waals surface area contributed by atoms with Gasteiger partial charge >= 0.3 is 12.1 Å². The van der Waals surface area contributed by atoms with Crippen molar-refractivity contribution >= 4 is 18.0 Å². The van der Waals surface area contributed by atoms with Crippen molar-refractivity contribution in [3.8, 4) is 11.1 Å². The van der Waals surface area contributed by atoms with Gasteiger partial charge in [-0.3, -0.25) is 9.59 Å². The second kappa shape index (κ2) is 9.12. The lowest BCUT2D eigenvalue weighted by Gasteiger charge is -2.34. The van der Waals surface area contributed by atoms with Crippen molar-refractivity contribution in [3.63, 3.8) is 0 Å². The molecule has 0 spiro atoms. The number of carboxylic acid groups (broad SMARTS) is 1. The molecule has 0 heterocycles. The Balaban J connectivity index is 1.42. The first-order valence-electron chi connectivity index (χ1n) is 11.8. The highest BCUT2D eigenvalue weighted by atomic mass is 16.5. The van der Waals surface area contributed by atoms with Crippen LogP contribution in [0.1, 0.15) is 63.5 Å². The SMILES string of the molecule is CC(C)(CCC(=O)O)NC(=O)C(C)(NC(=O)OCC1c2ccccc2-c2ccccc21)C1CC1. The van der Waals surface area contributed by atoms with Gasteiger partial charge in [-0.1, -0.05) is 48.5 Å². The molecule has 2 aliphatic rings. The van der Waals surface area contributed by atoms with Gasteiger partial charge < -0.3 is 20.5 Å². The molecule has 0 radical (unpaired) electrons. The molecule has 34 heavy (non-hydrogen) atoms. The number of rotatable bonds is 9. The molecule has 0 aliphatic heterocycles. The van der Waals surface area contributed by atoms with Gasteiger partial charge in [0, 0.05) is 17.9 Å². The molecule has 7 heteroatoms. The van der Waals surface area contributed by atoms with E-state index in [2.05, 4.69) is 34.9 Å². The number of hydrogen-bond donors (Lipinski definition) is 3. The topological polar surface area (TPSA) is 105 Å². The number of carboxylic acids is 1. The first kappa shape index (κ1) is 23.8. The van der Waals surface area contributed by atoms with Crippen LogP contribution in [-0.4, -0.2) is 40.8 Å². The minimum absolute atomic E-state index is 0.0169. The number of benzene rings is 2. The first-order valence-corrected chi connectivity index (χ1v) is 11.8. The summed E-state index contributed by atoms with van der Waals surface area (Å²) in [6.07, 6.45) is 1.29. The Labute approximate surface area is 199 Å². The Hall–Kier alpha value is -3.35. The molecule has 1 fully saturated rings. The molecule has 2 amide bonds. The number of fused-ring (bicyclic) bond motifs is 3. The summed E-state index contributed by atoms with van der Waals surface area (Å²) in [5.41, 5.74) is 2.71. The fraction of sp³-hybridized carbons (Fsp3) is 0.444. The number of carbonyl (C=O) groups excluding carboxylic acids is 2. The van der Waals surface area contributed by atoms with Crippen LogP contribution in [0.2, 0.25) is 0 Å². The zero-order valence-corrected chi connectivity index (χ0v) is 19.9. The molecule has 1 atom stereocenters. The molecule has 0 bridgehead atoms. The molecule has 2 aromatic rings. The van der Waals surface area contributed by atoms with Gasteiger partial charge in [-0.15, -0.1) is 0 Å². The minimum Gasteiger partial charge on any atom is -0.481 e. The summed E-state index contributed by atoms with van der Waals surface area (Å²) in [6.45, 7) is 5.46. The molecular weight excluding hydrogens is 432 g/mol. The van der Waals surface area contributed by atoms with E-state index in [1.54, 1.807) is 20.8 Å². The van der Waals surface area contributed by atoms with Crippen LogP contribution in [0, 0.1) is 5.92 Å². The largest absolute Gasteiger partial charge is 0.481 e. The van der Waals surface area contributed by atoms with E-state index in [-0.39, 0.29) is 30.8 Å². The zero-order chi connectivity index (χ0) is 24.5. The second-order valence-electron chi connectivity index (χ2n) is 10.2. The number of aliphatic carboxylic acids is 1. The molecule has 2 aliphatic carbocycles. The quantitative estimate of drug-likeness (QED) is 0.508. The fourth-order valence-corrected chi connectivity index (χ4v) is 4.77. The monoisotopic (exact) mass is 464 g/mol. The second-order valence-corrected chi connectivity index (χ2v) is 10.2. The Morgan fingerprint density at radius 1 is 0.941 bits per heavy atom. The Morgan fingerprint density at radius 3 is 2.03 bits per heavy atom. The smallest absolute Gasteiger partial charge is 0.408 e. The summed E-state index contributed by atoms with van der Waals surface area (Å²) in [5.74, 6) is -1.28. The van der Waals surface area contributed by atoms with E-state index in [9.17, 15) is 14.4 Å². The van der Waals surface area contributed by atoms with Crippen molar-refractivity contribution in [1.29, 1.82) is 0 Å². The van der Waals surface area contributed by atoms with E-state index in [1.165, 1.54) is 0 Å². The lowest BCUT2D eigenvalue weighted by Crippen LogP contribution is -2.62. The summed E-state index contributed by atoms with van der Waals surface area (Å²) in [6, 6.07) is 16.2. The van der Waals surface area contributed by atoms with Crippen LogP contribution < -0.4 is 10.6 Å². The van der Waals surface area contributed by atoms with Crippen molar-refractivity contribution in [3.05, 3.63) is 59.7 Å². The third kappa shape index (κ3) is 4.93. The Bertz CT molecular complexity index is 1060. The van der Waals surface area contributed by atoms with Crippen LogP contribution in [0.25, 0.3) is 11.1 Å². The van der Waals surface area contributed by atoms with Gasteiger partial charge in [-0.25, -0.2) is 4.79 Å². The highest BCUT2D eigenvalue weighted by Gasteiger charge is 2.49. The van der Waals surface area contributed by atoms with Crippen LogP contribution in [0.5, 0.6) is 0 Å². The third-order valence-electron chi connectivity index (χ3n) is 6.99. The molecule has 1 saturated carbocycles. The van der Waals surface area contributed by atoms with Gasteiger partial charge in [0.2, 0.25) is 5.91 Å². The van der Waals surface area contributed by atoms with Crippen LogP contribution in [0.15, 0.2) is 48.5 Å². The van der Waals surface area contributed by atoms with Gasteiger partial charge in [-0.2, -0.15) is 0 Å². The molecule has 0 aromatic heterocycles. The number of alkyl carbamates (subject to hydrolysis) is 1. The van der Waals surface area contributed by atoms with Crippen molar-refractivity contribution in [1.82, 2.24) is 10.6 Å². The zero-order valence-electron chi connectivity index (χ0n) is 19.9. The molecule has 1 unspecified atom stereocenters. The highest BCUT2D eigenvalue weighted by Crippen LogP contribution is 2.44. The third-order valence-corrected chi connectivity index (χ3v) is 6.99. The summed E-state index contributed by atoms with van der Waals surface area (Å²) >= 11 is 0. The molecule has 0 saturated heterocycles. The van der Waals surface area contributed by atoms with E-state index < -0.39 is 23.1 Å². The van der Waals surface area contributed by atoms with Crippen molar-refractivity contribution in [2.45, 2.75) is 63.5 Å². The fourth-order valence-electron chi connectivity index (χ4n) is 4.77. The predicted molar refractivity (Wildman–Crippen MR) is 128 cm³/mol. The van der Waals surface area contributed by atoms with E-state index >= 15 is 0 Å². The number of nitrogens with one attached hydrogen (secondary N) is 2. The predicted octanol–water partition coefficient (Wildman–Crippen LogP) is 4.45. The van der Waals surface area contributed by atoms with Gasteiger partial charge in [0.15, 0.2) is 0 Å². The summed E-state index contributed by atoms with van der Waals surface area (Å²) < 4.78 is 5.66. The maximum Gasteiger partial charge on any atom is 0.408 e. The first-order chi connectivity index (χ1) is 16.1. The average Bonchev–Trinajstić information content (AvgIpc) is 3.60. The summed E-state index contributed by atoms with van der Waals surface area (Å²) in [4.78, 5) is 37.0. The standard InChI is InChI=1S/C27H32N2O5/c1-26(2,15-14-23(30)31)28-24(32)27(3,17-12-13-17)29-25(33)34-16-22-20-10-6-4-8-18(20)19-9-5-7-11-21(19)22/h4-11,17,22H,12-16H2,1-3H3,(H,28,32)(H,29,33)(H,30,31). The summed E-state index contributed by atoms with van der Waals surface area (Å²) in [7, 11) is 0. The Kier molecular flexibility index (Phi) is 6.39. The number of hydrogen-bond acceptors (Lipinski definition) is 4. The molecular formula is C27H32N2O5. The van der Waals surface area contributed by atoms with E-state index in [0.29, 0.717) is 6.42 Å². The van der Waals surface area contributed by atoms with Crippen LogP contribution in [0.4, 0.5) is 4.79 Å². The van der Waals surface area contributed by atoms with Crippen molar-refractivity contribution in [2.24, 2.45) is 5.92 Å². The molecule has 2 aromatic carbocycles. The maximum atomic E-state index is 13.2. The Morgan fingerprint density at radius 2 is 1.50 bits per heavy atom. The lowest BCUT2D eigenvalue weighted by atomic mass is 9.91. The maximum absolute atomic E-state index is 13.2. The van der Waals surface area contributed by atoms with Gasteiger partial charge in [-0.05, 0) is 68.2 Å². The van der Waals surface area contributed by atoms with Crippen molar-refractivity contribution < 1.29 is 24.2 Å². The van der Waals surface area contributed by atoms with E-state index in [0.717, 1.165) is 35.1 Å². The van der Waals surface area contributed by atoms with Crippen LogP contribution in [-0.2, 0) is 14.3 Å². The normalized spacial score (nSPS) is 16.7. The van der Waals surface area contributed by atoms with E-state index in [4.69, 9.17) is 9.84 Å². The van der Waals surface area contributed by atoms with Crippen molar-refractivity contribution in [2.75, 3.05) is 6.61 Å². The van der Waals surface area contributed by atoms with Gasteiger partial charge in [0.05, 0.1) is 0 Å². The van der Waals surface area contributed by atoms with Crippen LogP contribution in [0.3, 0.4) is 0 Å². The number of carbonyl (C=O) groups is 3.